The van der Waals surface area contributed by atoms with E-state index >= 15 is 0 Å². The molecule has 1 amide bonds. The van der Waals surface area contributed by atoms with Gasteiger partial charge < -0.3 is 15.0 Å². The van der Waals surface area contributed by atoms with Gasteiger partial charge in [0.05, 0.1) is 32.5 Å². The Kier molecular flexibility index (Phi) is 4.40. The van der Waals surface area contributed by atoms with Gasteiger partial charge in [0.25, 0.3) is 5.91 Å². The van der Waals surface area contributed by atoms with Crippen LogP contribution in [0.2, 0.25) is 0 Å². The SMILES string of the molecule is O=C(NCC[NH+]1CCOCC1)c1cnccn1. The zero-order chi connectivity index (χ0) is 11.9. The van der Waals surface area contributed by atoms with Gasteiger partial charge in [0.15, 0.2) is 0 Å². The molecule has 6 heteroatoms. The lowest BCUT2D eigenvalue weighted by Gasteiger charge is -2.23. The van der Waals surface area contributed by atoms with Crippen molar-refractivity contribution in [2.75, 3.05) is 39.4 Å². The van der Waals surface area contributed by atoms with Gasteiger partial charge in [0.1, 0.15) is 18.8 Å². The fourth-order valence-electron chi connectivity index (χ4n) is 1.77. The number of nitrogens with zero attached hydrogens (tertiary/aromatic N) is 2. The molecule has 0 bridgehead atoms. The number of nitrogens with one attached hydrogen (secondary N) is 2. The standard InChI is InChI=1S/C11H16N4O2/c16-11(10-9-12-1-2-13-10)14-3-4-15-5-7-17-8-6-15/h1-2,9H,3-8H2,(H,14,16)/p+1. The first-order chi connectivity index (χ1) is 8.36. The molecule has 1 aliphatic heterocycles. The molecule has 92 valence electrons. The predicted molar refractivity (Wildman–Crippen MR) is 60.7 cm³/mol. The normalized spacial score (nSPS) is 16.7. The molecule has 0 radical (unpaired) electrons. The third-order valence-corrected chi connectivity index (χ3v) is 2.76. The number of amides is 1. The maximum atomic E-state index is 11.6. The molecule has 1 aromatic rings. The van der Waals surface area contributed by atoms with Crippen LogP contribution < -0.4 is 10.2 Å². The molecule has 17 heavy (non-hydrogen) atoms. The first kappa shape index (κ1) is 11.9. The molecule has 0 unspecified atom stereocenters. The van der Waals surface area contributed by atoms with Gasteiger partial charge >= 0.3 is 0 Å². The lowest BCUT2D eigenvalue weighted by atomic mass is 10.4. The van der Waals surface area contributed by atoms with E-state index in [0.717, 1.165) is 32.8 Å². The molecule has 2 rings (SSSR count). The summed E-state index contributed by atoms with van der Waals surface area (Å²) in [7, 11) is 0. The Morgan fingerprint density at radius 3 is 2.94 bits per heavy atom. The molecule has 6 nitrogen and oxygen atoms in total. The van der Waals surface area contributed by atoms with Crippen molar-refractivity contribution in [2.45, 2.75) is 0 Å². The molecule has 1 aliphatic rings. The second-order valence-corrected chi connectivity index (χ2v) is 3.96. The third-order valence-electron chi connectivity index (χ3n) is 2.76. The minimum atomic E-state index is -0.161. The number of aromatic nitrogens is 2. The molecule has 0 atom stereocenters. The molecule has 0 aliphatic carbocycles. The summed E-state index contributed by atoms with van der Waals surface area (Å²) in [6.45, 7) is 5.24. The van der Waals surface area contributed by atoms with E-state index in [9.17, 15) is 4.79 Å². The Morgan fingerprint density at radius 2 is 2.24 bits per heavy atom. The molecule has 1 saturated heterocycles. The second-order valence-electron chi connectivity index (χ2n) is 3.96. The van der Waals surface area contributed by atoms with Crippen molar-refractivity contribution in [3.05, 3.63) is 24.3 Å². The van der Waals surface area contributed by atoms with Gasteiger partial charge in [-0.2, -0.15) is 0 Å². The molecule has 0 spiro atoms. The van der Waals surface area contributed by atoms with Gasteiger partial charge in [0, 0.05) is 12.4 Å². The number of ether oxygens (including phenoxy) is 1. The number of rotatable bonds is 4. The van der Waals surface area contributed by atoms with Crippen molar-refractivity contribution in [2.24, 2.45) is 0 Å². The van der Waals surface area contributed by atoms with Gasteiger partial charge in [-0.05, 0) is 0 Å². The summed E-state index contributed by atoms with van der Waals surface area (Å²) in [6.07, 6.45) is 4.54. The quantitative estimate of drug-likeness (QED) is 0.643. The van der Waals surface area contributed by atoms with E-state index < -0.39 is 0 Å². The van der Waals surface area contributed by atoms with Crippen LogP contribution in [0.5, 0.6) is 0 Å². The van der Waals surface area contributed by atoms with Crippen molar-refractivity contribution >= 4 is 5.91 Å². The Balaban J connectivity index is 1.69. The average molecular weight is 237 g/mol. The second kappa shape index (κ2) is 6.27. The molecule has 0 saturated carbocycles. The lowest BCUT2D eigenvalue weighted by molar-refractivity contribution is -0.906. The van der Waals surface area contributed by atoms with Crippen LogP contribution in [0.3, 0.4) is 0 Å². The molecule has 2 N–H and O–H groups in total. The molecular weight excluding hydrogens is 220 g/mol. The number of carbonyl (C=O) groups is 1. The minimum Gasteiger partial charge on any atom is -0.370 e. The first-order valence-corrected chi connectivity index (χ1v) is 5.82. The Hall–Kier alpha value is -1.53. The molecule has 1 fully saturated rings. The van der Waals surface area contributed by atoms with Crippen molar-refractivity contribution in [1.82, 2.24) is 15.3 Å². The van der Waals surface area contributed by atoms with Crippen molar-refractivity contribution in [3.8, 4) is 0 Å². The van der Waals surface area contributed by atoms with E-state index in [1.807, 2.05) is 0 Å². The summed E-state index contributed by atoms with van der Waals surface area (Å²) in [5, 5.41) is 2.84. The van der Waals surface area contributed by atoms with Crippen LogP contribution in [0.15, 0.2) is 18.6 Å². The van der Waals surface area contributed by atoms with Crippen molar-refractivity contribution in [3.63, 3.8) is 0 Å². The zero-order valence-electron chi connectivity index (χ0n) is 9.69. The number of hydrogen-bond acceptors (Lipinski definition) is 4. The first-order valence-electron chi connectivity index (χ1n) is 5.82. The highest BCUT2D eigenvalue weighted by Crippen LogP contribution is 1.88. The highest BCUT2D eigenvalue weighted by atomic mass is 16.5. The van der Waals surface area contributed by atoms with Gasteiger partial charge in [-0.1, -0.05) is 0 Å². The van der Waals surface area contributed by atoms with Crippen LogP contribution >= 0.6 is 0 Å². The van der Waals surface area contributed by atoms with Gasteiger partial charge in [-0.15, -0.1) is 0 Å². The Bertz CT molecular complexity index is 352. The van der Waals surface area contributed by atoms with E-state index in [4.69, 9.17) is 4.74 Å². The van der Waals surface area contributed by atoms with Gasteiger partial charge in [-0.25, -0.2) is 4.98 Å². The van der Waals surface area contributed by atoms with E-state index in [-0.39, 0.29) is 5.91 Å². The number of quaternary nitrogens is 1. The van der Waals surface area contributed by atoms with E-state index in [1.165, 1.54) is 17.3 Å². The number of carbonyl (C=O) groups excluding carboxylic acids is 1. The largest absolute Gasteiger partial charge is 0.370 e. The van der Waals surface area contributed by atoms with Gasteiger partial charge in [-0.3, -0.25) is 9.78 Å². The number of morpholine rings is 1. The summed E-state index contributed by atoms with van der Waals surface area (Å²) >= 11 is 0. The fourth-order valence-corrected chi connectivity index (χ4v) is 1.77. The topological polar surface area (TPSA) is 68.5 Å². The van der Waals surface area contributed by atoms with Crippen LogP contribution in [0, 0.1) is 0 Å². The fraction of sp³-hybridized carbons (Fsp3) is 0.545. The molecule has 1 aromatic heterocycles. The minimum absolute atomic E-state index is 0.161. The molecular formula is C11H17N4O2+. The summed E-state index contributed by atoms with van der Waals surface area (Å²) in [4.78, 5) is 20.9. The highest BCUT2D eigenvalue weighted by Gasteiger charge is 2.14. The summed E-state index contributed by atoms with van der Waals surface area (Å²) in [5.74, 6) is -0.161. The van der Waals surface area contributed by atoms with Crippen LogP contribution in [0.4, 0.5) is 0 Å². The summed E-state index contributed by atoms with van der Waals surface area (Å²) in [5.41, 5.74) is 0.365. The lowest BCUT2D eigenvalue weighted by Crippen LogP contribution is -3.14. The summed E-state index contributed by atoms with van der Waals surface area (Å²) in [6, 6.07) is 0. The molecule has 0 aromatic carbocycles. The number of hydrogen-bond donors (Lipinski definition) is 2. The Labute approximate surface area is 100 Å². The van der Waals surface area contributed by atoms with Crippen LogP contribution in [0.25, 0.3) is 0 Å². The van der Waals surface area contributed by atoms with E-state index in [1.54, 1.807) is 6.20 Å². The van der Waals surface area contributed by atoms with E-state index in [2.05, 4.69) is 15.3 Å². The Morgan fingerprint density at radius 1 is 1.41 bits per heavy atom. The predicted octanol–water partition coefficient (Wildman–Crippen LogP) is -1.88. The third kappa shape index (κ3) is 3.76. The molecule has 2 heterocycles. The average Bonchev–Trinajstić information content (AvgIpc) is 2.41. The summed E-state index contributed by atoms with van der Waals surface area (Å²) < 4.78 is 5.27. The van der Waals surface area contributed by atoms with Crippen LogP contribution in [-0.2, 0) is 4.74 Å². The maximum absolute atomic E-state index is 11.6. The van der Waals surface area contributed by atoms with Crippen LogP contribution in [-0.4, -0.2) is 55.3 Å². The highest BCUT2D eigenvalue weighted by molar-refractivity contribution is 5.91. The monoisotopic (exact) mass is 237 g/mol. The van der Waals surface area contributed by atoms with Gasteiger partial charge in [0.2, 0.25) is 0 Å². The smallest absolute Gasteiger partial charge is 0.271 e. The van der Waals surface area contributed by atoms with Crippen molar-refractivity contribution in [1.29, 1.82) is 0 Å². The van der Waals surface area contributed by atoms with Crippen molar-refractivity contribution < 1.29 is 14.4 Å². The van der Waals surface area contributed by atoms with Crippen LogP contribution in [0.1, 0.15) is 10.5 Å². The maximum Gasteiger partial charge on any atom is 0.271 e. The van der Waals surface area contributed by atoms with E-state index in [0.29, 0.717) is 12.2 Å². The zero-order valence-corrected chi connectivity index (χ0v) is 9.69.